The summed E-state index contributed by atoms with van der Waals surface area (Å²) in [6, 6.07) is 6.87. The van der Waals surface area contributed by atoms with Crippen LogP contribution in [-0.4, -0.2) is 22.4 Å². The van der Waals surface area contributed by atoms with E-state index in [0.717, 1.165) is 9.56 Å². The van der Waals surface area contributed by atoms with Gasteiger partial charge in [-0.05, 0) is 24.4 Å². The fourth-order valence-corrected chi connectivity index (χ4v) is 2.14. The Morgan fingerprint density at radius 2 is 2.28 bits per heavy atom. The number of rotatable bonds is 4. The van der Waals surface area contributed by atoms with Crippen LogP contribution >= 0.6 is 11.3 Å². The Kier molecular flexibility index (Phi) is 3.88. The molecule has 18 heavy (non-hydrogen) atoms. The van der Waals surface area contributed by atoms with Crippen molar-refractivity contribution in [3.05, 3.63) is 40.0 Å². The Morgan fingerprint density at radius 3 is 2.94 bits per heavy atom. The molecule has 0 atom stereocenters. The van der Waals surface area contributed by atoms with Crippen LogP contribution in [0, 0.1) is 0 Å². The molecular weight excluding hydrogens is 252 g/mol. The second-order valence-electron chi connectivity index (χ2n) is 3.50. The normalized spacial score (nSPS) is 10.3. The average Bonchev–Trinajstić information content (AvgIpc) is 2.86. The van der Waals surface area contributed by atoms with Crippen molar-refractivity contribution in [3.8, 4) is 10.6 Å². The number of hydrogen-bond donors (Lipinski definition) is 0. The maximum atomic E-state index is 11.6. The van der Waals surface area contributed by atoms with Crippen molar-refractivity contribution >= 4 is 17.3 Å². The quantitative estimate of drug-likeness (QED) is 0.786. The fourth-order valence-electron chi connectivity index (χ4n) is 1.45. The molecule has 0 unspecified atom stereocenters. The first-order valence-electron chi connectivity index (χ1n) is 5.48. The Morgan fingerprint density at radius 1 is 1.44 bits per heavy atom. The summed E-state index contributed by atoms with van der Waals surface area (Å²) in [7, 11) is 0. The molecule has 0 spiro atoms. The third-order valence-corrected chi connectivity index (χ3v) is 3.12. The van der Waals surface area contributed by atoms with Crippen molar-refractivity contribution in [1.29, 1.82) is 0 Å². The van der Waals surface area contributed by atoms with Gasteiger partial charge in [-0.2, -0.15) is 5.10 Å². The predicted octanol–water partition coefficient (Wildman–Crippen LogP) is 1.53. The van der Waals surface area contributed by atoms with Crippen LogP contribution in [0.4, 0.5) is 0 Å². The lowest BCUT2D eigenvalue weighted by Gasteiger charge is -2.05. The van der Waals surface area contributed by atoms with Gasteiger partial charge in [-0.25, -0.2) is 4.68 Å². The molecule has 94 valence electrons. The van der Waals surface area contributed by atoms with Crippen LogP contribution in [0.2, 0.25) is 0 Å². The van der Waals surface area contributed by atoms with Gasteiger partial charge in [0.2, 0.25) is 0 Å². The molecule has 0 aromatic carbocycles. The number of esters is 1. The van der Waals surface area contributed by atoms with Gasteiger partial charge >= 0.3 is 5.97 Å². The van der Waals surface area contributed by atoms with Crippen LogP contribution in [0.15, 0.2) is 34.4 Å². The number of thiophene rings is 1. The molecule has 2 aromatic heterocycles. The van der Waals surface area contributed by atoms with Crippen molar-refractivity contribution in [2.75, 3.05) is 6.61 Å². The summed E-state index contributed by atoms with van der Waals surface area (Å²) in [5.74, 6) is -0.463. The third-order valence-electron chi connectivity index (χ3n) is 2.22. The van der Waals surface area contributed by atoms with Gasteiger partial charge in [0.25, 0.3) is 5.56 Å². The molecule has 0 amide bonds. The van der Waals surface area contributed by atoms with Gasteiger partial charge in [0.15, 0.2) is 0 Å². The first-order chi connectivity index (χ1) is 8.70. The fraction of sp³-hybridized carbons (Fsp3) is 0.250. The molecule has 5 nitrogen and oxygen atoms in total. The van der Waals surface area contributed by atoms with Crippen LogP contribution in [0.1, 0.15) is 6.92 Å². The second kappa shape index (κ2) is 5.59. The molecule has 0 aliphatic carbocycles. The zero-order chi connectivity index (χ0) is 13.0. The summed E-state index contributed by atoms with van der Waals surface area (Å²) in [6.45, 7) is 1.85. The summed E-state index contributed by atoms with van der Waals surface area (Å²) in [6.07, 6.45) is 0. The maximum Gasteiger partial charge on any atom is 0.327 e. The largest absolute Gasteiger partial charge is 0.465 e. The summed E-state index contributed by atoms with van der Waals surface area (Å²) >= 11 is 1.53. The smallest absolute Gasteiger partial charge is 0.327 e. The highest BCUT2D eigenvalue weighted by atomic mass is 32.1. The monoisotopic (exact) mass is 264 g/mol. The van der Waals surface area contributed by atoms with Crippen molar-refractivity contribution in [1.82, 2.24) is 9.78 Å². The number of carbonyl (C=O) groups excluding carboxylic acids is 1. The SMILES string of the molecule is CCOC(=O)Cn1nc(-c2cccs2)ccc1=O. The second-order valence-corrected chi connectivity index (χ2v) is 4.44. The minimum absolute atomic E-state index is 0.161. The number of nitrogens with zero attached hydrogens (tertiary/aromatic N) is 2. The topological polar surface area (TPSA) is 61.2 Å². The Labute approximate surface area is 108 Å². The van der Waals surface area contributed by atoms with Crippen LogP contribution in [0.25, 0.3) is 10.6 Å². The summed E-state index contributed by atoms with van der Waals surface area (Å²) in [5.41, 5.74) is 0.359. The van der Waals surface area contributed by atoms with E-state index in [-0.39, 0.29) is 18.7 Å². The molecule has 0 N–H and O–H groups in total. The molecule has 2 rings (SSSR count). The molecule has 0 aliphatic rings. The Bertz CT molecular complexity index is 590. The zero-order valence-electron chi connectivity index (χ0n) is 9.83. The molecule has 0 saturated carbocycles. The van der Waals surface area contributed by atoms with E-state index < -0.39 is 5.97 Å². The molecule has 2 aromatic rings. The highest BCUT2D eigenvalue weighted by Gasteiger charge is 2.08. The van der Waals surface area contributed by atoms with Crippen LogP contribution in [0.3, 0.4) is 0 Å². The Hall–Kier alpha value is -1.95. The average molecular weight is 264 g/mol. The zero-order valence-corrected chi connectivity index (χ0v) is 10.6. The van der Waals surface area contributed by atoms with E-state index in [1.807, 2.05) is 17.5 Å². The Balaban J connectivity index is 2.28. The number of carbonyl (C=O) groups is 1. The van der Waals surface area contributed by atoms with Gasteiger partial charge in [-0.3, -0.25) is 9.59 Å². The van der Waals surface area contributed by atoms with Crippen LogP contribution in [0.5, 0.6) is 0 Å². The van der Waals surface area contributed by atoms with Gasteiger partial charge in [-0.1, -0.05) is 6.07 Å². The van der Waals surface area contributed by atoms with Crippen molar-refractivity contribution in [3.63, 3.8) is 0 Å². The maximum absolute atomic E-state index is 11.6. The molecule has 6 heteroatoms. The van der Waals surface area contributed by atoms with E-state index >= 15 is 0 Å². The highest BCUT2D eigenvalue weighted by molar-refractivity contribution is 7.13. The van der Waals surface area contributed by atoms with Crippen molar-refractivity contribution in [2.24, 2.45) is 0 Å². The first kappa shape index (κ1) is 12.5. The number of ether oxygens (including phenoxy) is 1. The predicted molar refractivity (Wildman–Crippen MR) is 68.4 cm³/mol. The molecule has 0 saturated heterocycles. The summed E-state index contributed by atoms with van der Waals surface area (Å²) < 4.78 is 5.91. The van der Waals surface area contributed by atoms with Gasteiger partial charge in [0.1, 0.15) is 12.2 Å². The molecule has 0 fully saturated rings. The standard InChI is InChI=1S/C12H12N2O3S/c1-2-17-12(16)8-14-11(15)6-5-9(13-14)10-4-3-7-18-10/h3-7H,2,8H2,1H3. The lowest BCUT2D eigenvalue weighted by Crippen LogP contribution is -2.27. The minimum atomic E-state index is -0.463. The third kappa shape index (κ3) is 2.84. The van der Waals surface area contributed by atoms with E-state index in [1.165, 1.54) is 17.4 Å². The lowest BCUT2D eigenvalue weighted by atomic mass is 10.3. The van der Waals surface area contributed by atoms with Crippen LogP contribution < -0.4 is 5.56 Å². The summed E-state index contributed by atoms with van der Waals surface area (Å²) in [4.78, 5) is 23.9. The molecule has 2 heterocycles. The highest BCUT2D eigenvalue weighted by Crippen LogP contribution is 2.20. The molecule has 0 radical (unpaired) electrons. The molecule has 0 aliphatic heterocycles. The van der Waals surface area contributed by atoms with Gasteiger partial charge in [0.05, 0.1) is 11.5 Å². The van der Waals surface area contributed by atoms with E-state index in [2.05, 4.69) is 5.10 Å². The van der Waals surface area contributed by atoms with Gasteiger partial charge in [0, 0.05) is 6.07 Å². The number of hydrogen-bond acceptors (Lipinski definition) is 5. The van der Waals surface area contributed by atoms with Crippen LogP contribution in [-0.2, 0) is 16.1 Å². The van der Waals surface area contributed by atoms with Crippen molar-refractivity contribution < 1.29 is 9.53 Å². The van der Waals surface area contributed by atoms with E-state index in [1.54, 1.807) is 13.0 Å². The van der Waals surface area contributed by atoms with Crippen molar-refractivity contribution in [2.45, 2.75) is 13.5 Å². The number of aromatic nitrogens is 2. The molecular formula is C12H12N2O3S. The lowest BCUT2D eigenvalue weighted by molar-refractivity contribution is -0.144. The van der Waals surface area contributed by atoms with E-state index in [9.17, 15) is 9.59 Å². The van der Waals surface area contributed by atoms with Gasteiger partial charge in [-0.15, -0.1) is 11.3 Å². The molecule has 0 bridgehead atoms. The van der Waals surface area contributed by atoms with E-state index in [4.69, 9.17) is 4.74 Å². The minimum Gasteiger partial charge on any atom is -0.465 e. The first-order valence-corrected chi connectivity index (χ1v) is 6.36. The summed E-state index contributed by atoms with van der Waals surface area (Å²) in [5, 5.41) is 6.08. The van der Waals surface area contributed by atoms with E-state index in [0.29, 0.717) is 5.69 Å². The van der Waals surface area contributed by atoms with Gasteiger partial charge < -0.3 is 4.74 Å².